The number of nitrogens with zero attached hydrogens (tertiary/aromatic N) is 3. The fourth-order valence-corrected chi connectivity index (χ4v) is 5.14. The van der Waals surface area contributed by atoms with Crippen LogP contribution in [-0.2, 0) is 4.79 Å². The molecule has 0 radical (unpaired) electrons. The molecule has 2 N–H and O–H groups in total. The Kier molecular flexibility index (Phi) is 8.61. The van der Waals surface area contributed by atoms with Crippen LogP contribution in [0.5, 0.6) is 11.5 Å². The lowest BCUT2D eigenvalue weighted by Gasteiger charge is -2.41. The van der Waals surface area contributed by atoms with Gasteiger partial charge in [0.1, 0.15) is 11.5 Å². The van der Waals surface area contributed by atoms with Crippen molar-refractivity contribution in [3.8, 4) is 11.5 Å². The smallest absolute Gasteiger partial charge is 0.271 e. The van der Waals surface area contributed by atoms with E-state index in [2.05, 4.69) is 22.4 Å². The van der Waals surface area contributed by atoms with Crippen LogP contribution in [-0.4, -0.2) is 60.3 Å². The molecule has 1 aliphatic rings. The van der Waals surface area contributed by atoms with Crippen LogP contribution >= 0.6 is 23.2 Å². The minimum atomic E-state index is -0.464. The first-order chi connectivity index (χ1) is 19.8. The SMILES string of the molecule is CC1CN(C(=O)COc2ccc(/C=N/NC(=O)c3ccc(O)c(Cl)c3)c3ccccc23)CCN1c1ccc(Cl)cc1. The summed E-state index contributed by atoms with van der Waals surface area (Å²) in [6.07, 6.45) is 1.54. The van der Waals surface area contributed by atoms with Crippen molar-refractivity contribution in [1.29, 1.82) is 0 Å². The van der Waals surface area contributed by atoms with Crippen LogP contribution in [0.2, 0.25) is 10.0 Å². The number of nitrogens with one attached hydrogen (secondary N) is 1. The molecule has 4 aromatic rings. The molecule has 2 amide bonds. The number of halogens is 2. The van der Waals surface area contributed by atoms with Crippen LogP contribution in [0.15, 0.2) is 84.0 Å². The van der Waals surface area contributed by atoms with Crippen molar-refractivity contribution in [3.05, 3.63) is 100 Å². The fourth-order valence-electron chi connectivity index (χ4n) is 4.84. The van der Waals surface area contributed by atoms with Crippen molar-refractivity contribution in [2.45, 2.75) is 13.0 Å². The number of anilines is 1. The molecule has 0 spiro atoms. The van der Waals surface area contributed by atoms with Gasteiger partial charge in [0.15, 0.2) is 6.61 Å². The summed E-state index contributed by atoms with van der Waals surface area (Å²) in [4.78, 5) is 29.6. The molecule has 1 atom stereocenters. The summed E-state index contributed by atoms with van der Waals surface area (Å²) in [6.45, 7) is 3.96. The Morgan fingerprint density at radius 1 is 1.02 bits per heavy atom. The van der Waals surface area contributed by atoms with Crippen LogP contribution in [0.25, 0.3) is 10.8 Å². The quantitative estimate of drug-likeness (QED) is 0.212. The second kappa shape index (κ2) is 12.5. The molecule has 1 saturated heterocycles. The van der Waals surface area contributed by atoms with Gasteiger partial charge in [0.05, 0.1) is 11.2 Å². The summed E-state index contributed by atoms with van der Waals surface area (Å²) in [5.41, 5.74) is 4.58. The maximum absolute atomic E-state index is 13.1. The summed E-state index contributed by atoms with van der Waals surface area (Å²) in [6, 6.07) is 23.3. The number of phenols is 1. The zero-order valence-electron chi connectivity index (χ0n) is 22.3. The number of carbonyl (C=O) groups excluding carboxylic acids is 2. The molecule has 4 aromatic carbocycles. The van der Waals surface area contributed by atoms with Gasteiger partial charge in [-0.1, -0.05) is 47.5 Å². The lowest BCUT2D eigenvalue weighted by Crippen LogP contribution is -2.54. The third kappa shape index (κ3) is 6.56. The van der Waals surface area contributed by atoms with E-state index in [4.69, 9.17) is 27.9 Å². The average Bonchev–Trinajstić information content (AvgIpc) is 2.98. The first-order valence-corrected chi connectivity index (χ1v) is 13.8. The van der Waals surface area contributed by atoms with E-state index in [0.29, 0.717) is 23.9 Å². The molecule has 1 heterocycles. The van der Waals surface area contributed by atoms with E-state index in [1.165, 1.54) is 18.2 Å². The van der Waals surface area contributed by atoms with Crippen molar-refractivity contribution < 1.29 is 19.4 Å². The molecule has 0 aliphatic carbocycles. The topological polar surface area (TPSA) is 94.5 Å². The van der Waals surface area contributed by atoms with Gasteiger partial charge >= 0.3 is 0 Å². The Balaban J connectivity index is 1.21. The Hall–Kier alpha value is -4.27. The minimum absolute atomic E-state index is 0.0700. The van der Waals surface area contributed by atoms with Crippen molar-refractivity contribution in [2.24, 2.45) is 5.10 Å². The number of fused-ring (bicyclic) bond motifs is 1. The highest BCUT2D eigenvalue weighted by Crippen LogP contribution is 2.29. The molecule has 0 bridgehead atoms. The summed E-state index contributed by atoms with van der Waals surface area (Å²) in [5.74, 6) is -0.0520. The Morgan fingerprint density at radius 3 is 2.51 bits per heavy atom. The van der Waals surface area contributed by atoms with Gasteiger partial charge in [-0.3, -0.25) is 9.59 Å². The van der Waals surface area contributed by atoms with Crippen molar-refractivity contribution in [3.63, 3.8) is 0 Å². The number of hydrogen-bond donors (Lipinski definition) is 2. The zero-order valence-corrected chi connectivity index (χ0v) is 23.8. The normalized spacial score (nSPS) is 15.3. The molecular weight excluding hydrogens is 563 g/mol. The highest BCUT2D eigenvalue weighted by atomic mass is 35.5. The van der Waals surface area contributed by atoms with E-state index < -0.39 is 5.91 Å². The predicted molar refractivity (Wildman–Crippen MR) is 162 cm³/mol. The molecule has 41 heavy (non-hydrogen) atoms. The van der Waals surface area contributed by atoms with Crippen LogP contribution in [0, 0.1) is 0 Å². The van der Waals surface area contributed by atoms with Gasteiger partial charge in [-0.05, 0) is 66.9 Å². The maximum Gasteiger partial charge on any atom is 0.271 e. The van der Waals surface area contributed by atoms with Gasteiger partial charge < -0.3 is 19.6 Å². The third-order valence-corrected chi connectivity index (χ3v) is 7.54. The van der Waals surface area contributed by atoms with Crippen molar-refractivity contribution >= 4 is 57.7 Å². The van der Waals surface area contributed by atoms with E-state index in [1.807, 2.05) is 59.5 Å². The summed E-state index contributed by atoms with van der Waals surface area (Å²) < 4.78 is 6.00. The van der Waals surface area contributed by atoms with Crippen molar-refractivity contribution in [2.75, 3.05) is 31.1 Å². The molecule has 210 valence electrons. The first-order valence-electron chi connectivity index (χ1n) is 13.1. The molecule has 1 unspecified atom stereocenters. The average molecular weight is 591 g/mol. The van der Waals surface area contributed by atoms with Crippen molar-refractivity contribution in [1.82, 2.24) is 10.3 Å². The monoisotopic (exact) mass is 590 g/mol. The van der Waals surface area contributed by atoms with E-state index in [-0.39, 0.29) is 34.9 Å². The summed E-state index contributed by atoms with van der Waals surface area (Å²) in [7, 11) is 0. The second-order valence-corrected chi connectivity index (χ2v) is 10.6. The molecule has 1 aliphatic heterocycles. The molecule has 1 fully saturated rings. The summed E-state index contributed by atoms with van der Waals surface area (Å²) in [5, 5.41) is 16.1. The molecule has 5 rings (SSSR count). The lowest BCUT2D eigenvalue weighted by molar-refractivity contribution is -0.134. The van der Waals surface area contributed by atoms with E-state index in [9.17, 15) is 14.7 Å². The maximum atomic E-state index is 13.1. The number of hydrogen-bond acceptors (Lipinski definition) is 6. The molecule has 10 heteroatoms. The minimum Gasteiger partial charge on any atom is -0.506 e. The zero-order chi connectivity index (χ0) is 28.9. The standard InChI is InChI=1S/C31H28Cl2N4O4/c1-20-18-36(14-15-37(20)24-10-8-23(32)9-11-24)30(39)19-41-29-13-7-22(25-4-2-3-5-26(25)29)17-34-35-31(40)21-6-12-28(38)27(33)16-21/h2-13,16-17,20,38H,14-15,18-19H2,1H3,(H,35,40)/b34-17+. The second-order valence-electron chi connectivity index (χ2n) is 9.71. The number of rotatable bonds is 7. The number of hydrazone groups is 1. The van der Waals surface area contributed by atoms with Crippen LogP contribution < -0.4 is 15.1 Å². The highest BCUT2D eigenvalue weighted by molar-refractivity contribution is 6.32. The van der Waals surface area contributed by atoms with Crippen LogP contribution in [0.4, 0.5) is 5.69 Å². The predicted octanol–water partition coefficient (Wildman–Crippen LogP) is 5.73. The van der Waals surface area contributed by atoms with Gasteiger partial charge in [0.2, 0.25) is 0 Å². The molecule has 0 aromatic heterocycles. The summed E-state index contributed by atoms with van der Waals surface area (Å²) >= 11 is 11.9. The number of phenolic OH excluding ortho intramolecular Hbond substituents is 1. The molecule has 8 nitrogen and oxygen atoms in total. The van der Waals surface area contributed by atoms with E-state index in [1.54, 1.807) is 12.3 Å². The van der Waals surface area contributed by atoms with Gasteiger partial charge in [-0.2, -0.15) is 5.10 Å². The third-order valence-electron chi connectivity index (χ3n) is 6.99. The number of ether oxygens (including phenoxy) is 1. The van der Waals surface area contributed by atoms with Gasteiger partial charge in [-0.15, -0.1) is 0 Å². The Labute approximate surface area is 247 Å². The fraction of sp³-hybridized carbons (Fsp3) is 0.194. The van der Waals surface area contributed by atoms with Gasteiger partial charge in [0, 0.05) is 52.9 Å². The molecular formula is C31H28Cl2N4O4. The van der Waals surface area contributed by atoms with Gasteiger partial charge in [-0.25, -0.2) is 5.43 Å². The van der Waals surface area contributed by atoms with E-state index >= 15 is 0 Å². The lowest BCUT2D eigenvalue weighted by atomic mass is 10.0. The highest BCUT2D eigenvalue weighted by Gasteiger charge is 2.27. The van der Waals surface area contributed by atoms with Crippen LogP contribution in [0.3, 0.4) is 0 Å². The number of carbonyl (C=O) groups is 2. The number of piperazine rings is 1. The Morgan fingerprint density at radius 2 is 1.78 bits per heavy atom. The van der Waals surface area contributed by atoms with Gasteiger partial charge in [0.25, 0.3) is 11.8 Å². The number of amides is 2. The van der Waals surface area contributed by atoms with E-state index in [0.717, 1.165) is 28.6 Å². The Bertz CT molecular complexity index is 1610. The number of aromatic hydroxyl groups is 1. The van der Waals surface area contributed by atoms with Crippen LogP contribution in [0.1, 0.15) is 22.8 Å². The largest absolute Gasteiger partial charge is 0.506 e. The first kappa shape index (κ1) is 28.3. The molecule has 0 saturated carbocycles. The number of benzene rings is 4.